The topological polar surface area (TPSA) is 88.1 Å². The maximum atomic E-state index is 13.9. The fraction of sp³-hybridized carbons (Fsp3) is 0.714. The van der Waals surface area contributed by atoms with Gasteiger partial charge >= 0.3 is 13.2 Å². The van der Waals surface area contributed by atoms with E-state index in [1.165, 1.54) is 4.90 Å². The highest BCUT2D eigenvalue weighted by Gasteiger charge is 2.68. The van der Waals surface area contributed by atoms with Gasteiger partial charge in [0.05, 0.1) is 17.6 Å². The summed E-state index contributed by atoms with van der Waals surface area (Å²) in [7, 11) is -0.579. The van der Waals surface area contributed by atoms with Crippen molar-refractivity contribution in [3.63, 3.8) is 0 Å². The third kappa shape index (κ3) is 3.87. The summed E-state index contributed by atoms with van der Waals surface area (Å²) >= 11 is 0. The monoisotopic (exact) mass is 496 g/mol. The van der Waals surface area contributed by atoms with E-state index in [9.17, 15) is 14.7 Å². The molecule has 1 aliphatic heterocycles. The fourth-order valence-electron chi connectivity index (χ4n) is 7.63. The zero-order valence-corrected chi connectivity index (χ0v) is 22.5. The predicted molar refractivity (Wildman–Crippen MR) is 138 cm³/mol. The first-order chi connectivity index (χ1) is 16.8. The van der Waals surface area contributed by atoms with Crippen molar-refractivity contribution in [3.8, 4) is 0 Å². The lowest BCUT2D eigenvalue weighted by molar-refractivity contribution is -0.199. The molecule has 5 fully saturated rings. The molecule has 4 aliphatic carbocycles. The molecular weight excluding hydrogens is 455 g/mol. The van der Waals surface area contributed by atoms with Gasteiger partial charge in [0.1, 0.15) is 5.54 Å². The van der Waals surface area contributed by atoms with Crippen LogP contribution in [0, 0.1) is 17.3 Å². The maximum Gasteiger partial charge on any atom is 0.482 e. The van der Waals surface area contributed by atoms with Crippen molar-refractivity contribution in [1.82, 2.24) is 10.2 Å². The number of nitrogens with one attached hydrogen (secondary N) is 1. The number of carbonyl (C=O) groups excluding carboxylic acids is 1. The van der Waals surface area contributed by atoms with E-state index in [0.29, 0.717) is 31.1 Å². The number of hydrogen-bond donors (Lipinski definition) is 2. The summed E-state index contributed by atoms with van der Waals surface area (Å²) in [6, 6.07) is 10.0. The standard InChI is InChI=1S/C28H41BN2O5/c1-25(2,3)31(24(33)34)28(13-10-14-28)23(32)30-22(15-18-11-8-7-9-12-18)29-35-21-17-19-16-20(26(19,4)5)27(21,6)36-29/h7-9,11-12,19-22H,10,13-17H2,1-6H3,(H,30,32)(H,33,34)/t19-,20-,21+,22-,27-/m0/s1. The Labute approximate surface area is 215 Å². The van der Waals surface area contributed by atoms with Gasteiger partial charge in [0, 0.05) is 5.54 Å². The number of hydrogen-bond acceptors (Lipinski definition) is 4. The Bertz CT molecular complexity index is 1020. The molecule has 0 aromatic heterocycles. The zero-order chi connectivity index (χ0) is 26.1. The number of amides is 2. The summed E-state index contributed by atoms with van der Waals surface area (Å²) in [6.45, 7) is 12.4. The van der Waals surface area contributed by atoms with E-state index in [4.69, 9.17) is 9.31 Å². The van der Waals surface area contributed by atoms with Crippen LogP contribution in [0.25, 0.3) is 0 Å². The van der Waals surface area contributed by atoms with Crippen LogP contribution in [-0.2, 0) is 20.5 Å². The van der Waals surface area contributed by atoms with Gasteiger partial charge < -0.3 is 19.7 Å². The molecule has 1 aromatic carbocycles. The molecule has 8 heteroatoms. The molecule has 36 heavy (non-hydrogen) atoms. The van der Waals surface area contributed by atoms with Gasteiger partial charge in [-0.2, -0.15) is 0 Å². The van der Waals surface area contributed by atoms with E-state index in [1.54, 1.807) is 0 Å². The molecule has 4 saturated carbocycles. The quantitative estimate of drug-likeness (QED) is 0.559. The van der Waals surface area contributed by atoms with Crippen LogP contribution in [-0.4, -0.2) is 57.8 Å². The summed E-state index contributed by atoms with van der Waals surface area (Å²) in [5.74, 6) is 0.395. The minimum atomic E-state index is -1.07. The minimum Gasteiger partial charge on any atom is -0.465 e. The summed E-state index contributed by atoms with van der Waals surface area (Å²) in [4.78, 5) is 27.6. The fourth-order valence-corrected chi connectivity index (χ4v) is 7.63. The van der Waals surface area contributed by atoms with E-state index in [0.717, 1.165) is 24.8 Å². The van der Waals surface area contributed by atoms with Crippen molar-refractivity contribution in [2.24, 2.45) is 17.3 Å². The Hall–Kier alpha value is -2.06. The molecule has 7 nitrogen and oxygen atoms in total. The van der Waals surface area contributed by atoms with Crippen LogP contribution >= 0.6 is 0 Å². The Balaban J connectivity index is 1.42. The van der Waals surface area contributed by atoms with Gasteiger partial charge in [-0.05, 0) is 89.0 Å². The second-order valence-corrected chi connectivity index (χ2v) is 13.3. The highest BCUT2D eigenvalue weighted by Crippen LogP contribution is 2.65. The predicted octanol–water partition coefficient (Wildman–Crippen LogP) is 4.68. The first-order valence-corrected chi connectivity index (χ1v) is 13.5. The van der Waals surface area contributed by atoms with Crippen molar-refractivity contribution in [1.29, 1.82) is 0 Å². The molecule has 1 saturated heterocycles. The van der Waals surface area contributed by atoms with Gasteiger partial charge in [-0.25, -0.2) is 4.79 Å². The summed E-state index contributed by atoms with van der Waals surface area (Å²) in [5, 5.41) is 13.3. The molecule has 2 amide bonds. The van der Waals surface area contributed by atoms with Crippen LogP contribution in [0.15, 0.2) is 30.3 Å². The first-order valence-electron chi connectivity index (χ1n) is 13.5. The number of carboxylic acid groups (broad SMARTS) is 1. The lowest BCUT2D eigenvalue weighted by Gasteiger charge is -2.64. The smallest absolute Gasteiger partial charge is 0.465 e. The Morgan fingerprint density at radius 1 is 1.17 bits per heavy atom. The molecule has 196 valence electrons. The minimum absolute atomic E-state index is 0.0113. The zero-order valence-electron chi connectivity index (χ0n) is 22.5. The molecule has 1 aromatic rings. The average molecular weight is 496 g/mol. The van der Waals surface area contributed by atoms with E-state index in [-0.39, 0.29) is 23.0 Å². The summed E-state index contributed by atoms with van der Waals surface area (Å²) in [6.07, 6.45) is 3.50. The van der Waals surface area contributed by atoms with Crippen LogP contribution in [0.1, 0.15) is 79.2 Å². The van der Waals surface area contributed by atoms with Gasteiger partial charge in [0.15, 0.2) is 0 Å². The van der Waals surface area contributed by atoms with Crippen molar-refractivity contribution in [2.75, 3.05) is 0 Å². The van der Waals surface area contributed by atoms with Gasteiger partial charge in [0.25, 0.3) is 0 Å². The second-order valence-electron chi connectivity index (χ2n) is 13.3. The largest absolute Gasteiger partial charge is 0.482 e. The number of rotatable bonds is 6. The molecule has 0 radical (unpaired) electrons. The summed E-state index contributed by atoms with van der Waals surface area (Å²) in [5.41, 5.74) is -0.846. The van der Waals surface area contributed by atoms with E-state index < -0.39 is 30.2 Å². The van der Waals surface area contributed by atoms with Gasteiger partial charge in [-0.3, -0.25) is 9.69 Å². The molecule has 0 spiro atoms. The number of nitrogens with zero attached hydrogens (tertiary/aromatic N) is 1. The molecule has 2 bridgehead atoms. The third-order valence-corrected chi connectivity index (χ3v) is 9.81. The molecule has 0 unspecified atom stereocenters. The molecule has 5 aliphatic rings. The van der Waals surface area contributed by atoms with Crippen molar-refractivity contribution in [2.45, 2.75) is 109 Å². The Morgan fingerprint density at radius 2 is 1.83 bits per heavy atom. The lowest BCUT2D eigenvalue weighted by Crippen LogP contribution is -2.70. The lowest BCUT2D eigenvalue weighted by atomic mass is 9.43. The molecule has 5 atom stereocenters. The van der Waals surface area contributed by atoms with E-state index in [2.05, 4.69) is 26.1 Å². The Morgan fingerprint density at radius 3 is 2.36 bits per heavy atom. The van der Waals surface area contributed by atoms with Gasteiger partial charge in [-0.15, -0.1) is 0 Å². The maximum absolute atomic E-state index is 13.9. The SMILES string of the molecule is CC1(C)[C@@H]2C[C@H]3OB([C@H](Cc4ccccc4)NC(=O)C4(N(C(=O)O)C(C)(C)C)CCC4)O[C@@]3(C)[C@H]1C2. The third-order valence-electron chi connectivity index (χ3n) is 9.81. The van der Waals surface area contributed by atoms with Crippen LogP contribution in [0.3, 0.4) is 0 Å². The van der Waals surface area contributed by atoms with Crippen LogP contribution in [0.4, 0.5) is 4.79 Å². The highest BCUT2D eigenvalue weighted by atomic mass is 16.7. The molecule has 1 heterocycles. The average Bonchev–Trinajstić information content (AvgIpc) is 3.12. The normalized spacial score (nSPS) is 32.5. The second kappa shape index (κ2) is 8.49. The van der Waals surface area contributed by atoms with Crippen LogP contribution in [0.5, 0.6) is 0 Å². The van der Waals surface area contributed by atoms with Crippen LogP contribution in [0.2, 0.25) is 0 Å². The van der Waals surface area contributed by atoms with Crippen LogP contribution < -0.4 is 5.32 Å². The van der Waals surface area contributed by atoms with Gasteiger partial charge in [0.2, 0.25) is 5.91 Å². The highest BCUT2D eigenvalue weighted by molar-refractivity contribution is 6.48. The van der Waals surface area contributed by atoms with E-state index in [1.807, 2.05) is 51.1 Å². The molecular formula is C28H41BN2O5. The first kappa shape index (κ1) is 25.6. The van der Waals surface area contributed by atoms with Crippen molar-refractivity contribution < 1.29 is 24.0 Å². The molecule has 6 rings (SSSR count). The summed E-state index contributed by atoms with van der Waals surface area (Å²) < 4.78 is 13.3. The van der Waals surface area contributed by atoms with Gasteiger partial charge in [-0.1, -0.05) is 44.2 Å². The Kier molecular flexibility index (Phi) is 6.03. The van der Waals surface area contributed by atoms with Crippen molar-refractivity contribution in [3.05, 3.63) is 35.9 Å². The number of carbonyl (C=O) groups is 2. The molecule has 2 N–H and O–H groups in total. The van der Waals surface area contributed by atoms with E-state index >= 15 is 0 Å². The number of benzene rings is 1. The van der Waals surface area contributed by atoms with Crippen molar-refractivity contribution >= 4 is 19.1 Å².